The van der Waals surface area contributed by atoms with E-state index in [9.17, 15) is 29.6 Å². The minimum Gasteiger partial charge on any atom is -0.454 e. The third-order valence-corrected chi connectivity index (χ3v) is 4.64. The maximum Gasteiger partial charge on any atom is 0.465 e. The Kier molecular flexibility index (Phi) is 6.37. The predicted molar refractivity (Wildman–Crippen MR) is 93.0 cm³/mol. The largest absolute Gasteiger partial charge is 0.465 e. The number of amides is 1. The van der Waals surface area contributed by atoms with Crippen molar-refractivity contribution in [2.24, 2.45) is 11.8 Å². The number of aliphatic hydroxyl groups is 1. The quantitative estimate of drug-likeness (QED) is 0.162. The highest BCUT2D eigenvalue weighted by Gasteiger charge is 2.52. The average molecular weight is 391 g/mol. The number of nitrogens with one attached hydrogen (secondary N) is 1. The molecule has 0 bridgehead atoms. The van der Waals surface area contributed by atoms with Crippen molar-refractivity contribution in [3.63, 3.8) is 0 Å². The summed E-state index contributed by atoms with van der Waals surface area (Å²) in [7, 11) is 0. The molecule has 11 nitrogen and oxygen atoms in total. The number of rotatable bonds is 8. The summed E-state index contributed by atoms with van der Waals surface area (Å²) in [5, 5.41) is 31.8. The van der Waals surface area contributed by atoms with Crippen molar-refractivity contribution in [3.05, 3.63) is 44.9 Å². The Bertz CT molecular complexity index is 831. The van der Waals surface area contributed by atoms with E-state index in [1.165, 1.54) is 38.1 Å². The van der Waals surface area contributed by atoms with Gasteiger partial charge in [-0.25, -0.2) is 4.79 Å². The number of nitro benzene ring substituents is 1. The van der Waals surface area contributed by atoms with Crippen LogP contribution in [0.2, 0.25) is 0 Å². The van der Waals surface area contributed by atoms with Crippen molar-refractivity contribution in [3.8, 4) is 0 Å². The summed E-state index contributed by atoms with van der Waals surface area (Å²) in [4.78, 5) is 49.0. The van der Waals surface area contributed by atoms with E-state index in [1.54, 1.807) is 0 Å². The lowest BCUT2D eigenvalue weighted by atomic mass is 9.76. The molecule has 11 heteroatoms. The second kappa shape index (κ2) is 8.53. The van der Waals surface area contributed by atoms with Crippen LogP contribution in [0.3, 0.4) is 0 Å². The SMILES string of the molecule is C[C@@H](O)[C@H]1C(=O)N[C@@H]1[C@@H](C)C(=O)C([N+]#N)C(=O)OCc1ccc([N+](=O)[O-])cc1. The van der Waals surface area contributed by atoms with Crippen LogP contribution in [0.15, 0.2) is 24.3 Å². The lowest BCUT2D eigenvalue weighted by molar-refractivity contribution is -0.384. The maximum atomic E-state index is 12.5. The Hall–Kier alpha value is -3.39. The third-order valence-electron chi connectivity index (χ3n) is 4.64. The zero-order valence-corrected chi connectivity index (χ0v) is 15.1. The van der Waals surface area contributed by atoms with E-state index < -0.39 is 52.6 Å². The molecule has 1 fully saturated rings. The van der Waals surface area contributed by atoms with E-state index in [2.05, 4.69) is 10.3 Å². The third kappa shape index (κ3) is 4.29. The number of aliphatic hydroxyl groups excluding tert-OH is 1. The number of nitro groups is 1. The van der Waals surface area contributed by atoms with Gasteiger partial charge in [-0.2, -0.15) is 0 Å². The number of non-ortho nitro benzene ring substituents is 1. The van der Waals surface area contributed by atoms with Crippen LogP contribution in [0.5, 0.6) is 0 Å². The number of hydrogen-bond donors (Lipinski definition) is 2. The number of diazo groups is 1. The molecule has 5 atom stereocenters. The van der Waals surface area contributed by atoms with Crippen LogP contribution in [0, 0.1) is 27.3 Å². The van der Waals surface area contributed by atoms with Gasteiger partial charge in [0, 0.05) is 18.1 Å². The van der Waals surface area contributed by atoms with Crippen LogP contribution >= 0.6 is 0 Å². The zero-order valence-electron chi connectivity index (χ0n) is 15.1. The molecule has 1 unspecified atom stereocenters. The van der Waals surface area contributed by atoms with Gasteiger partial charge in [-0.3, -0.25) is 19.7 Å². The van der Waals surface area contributed by atoms with Gasteiger partial charge in [0.05, 0.1) is 23.0 Å². The summed E-state index contributed by atoms with van der Waals surface area (Å²) in [5.74, 6) is -3.97. The molecule has 0 aliphatic carbocycles. The molecule has 28 heavy (non-hydrogen) atoms. The first kappa shape index (κ1) is 20.9. The number of hydrogen-bond acceptors (Lipinski definition) is 8. The molecule has 0 saturated carbocycles. The molecule has 1 aliphatic rings. The molecule has 1 saturated heterocycles. The molecule has 1 amide bonds. The molecule has 1 heterocycles. The molecule has 0 radical (unpaired) electrons. The Morgan fingerprint density at radius 2 is 1.96 bits per heavy atom. The number of β-lactam (4-membered cyclic amide) rings is 1. The van der Waals surface area contributed by atoms with E-state index in [0.29, 0.717) is 5.56 Å². The highest BCUT2D eigenvalue weighted by molar-refractivity contribution is 6.06. The second-order valence-electron chi connectivity index (χ2n) is 6.54. The second-order valence-corrected chi connectivity index (χ2v) is 6.54. The number of nitrogens with zero attached hydrogens (tertiary/aromatic N) is 3. The zero-order chi connectivity index (χ0) is 21.0. The highest BCUT2D eigenvalue weighted by Crippen LogP contribution is 2.27. The summed E-state index contributed by atoms with van der Waals surface area (Å²) < 4.78 is 4.96. The lowest BCUT2D eigenvalue weighted by Gasteiger charge is -2.41. The summed E-state index contributed by atoms with van der Waals surface area (Å²) in [5.41, 5.74) is 0.314. The van der Waals surface area contributed by atoms with Gasteiger partial charge in [-0.1, -0.05) is 6.92 Å². The molecule has 2 rings (SSSR count). The molecular formula is C17H19N4O7+. The van der Waals surface area contributed by atoms with Crippen LogP contribution in [0.25, 0.3) is 4.98 Å². The van der Waals surface area contributed by atoms with Crippen molar-refractivity contribution in [2.75, 3.05) is 0 Å². The minimum absolute atomic E-state index is 0.127. The average Bonchev–Trinajstić information content (AvgIpc) is 2.63. The Labute approximate surface area is 159 Å². The number of ether oxygens (including phenoxy) is 1. The molecule has 1 aliphatic heterocycles. The molecule has 2 N–H and O–H groups in total. The summed E-state index contributed by atoms with van der Waals surface area (Å²) in [6.45, 7) is 2.59. The van der Waals surface area contributed by atoms with Crippen LogP contribution in [0.4, 0.5) is 5.69 Å². The molecular weight excluding hydrogens is 372 g/mol. The summed E-state index contributed by atoms with van der Waals surface area (Å²) in [6.07, 6.45) is -0.979. The van der Waals surface area contributed by atoms with Crippen LogP contribution in [0.1, 0.15) is 19.4 Å². The number of Topliss-reactive ketones (excluding diaryl/α,β-unsaturated/α-hetero) is 1. The van der Waals surface area contributed by atoms with Crippen molar-refractivity contribution in [2.45, 2.75) is 38.6 Å². The van der Waals surface area contributed by atoms with Crippen molar-refractivity contribution in [1.82, 2.24) is 5.32 Å². The molecule has 0 aromatic heterocycles. The number of carbonyl (C=O) groups is 3. The monoisotopic (exact) mass is 391 g/mol. The topological polar surface area (TPSA) is 164 Å². The first-order chi connectivity index (χ1) is 13.2. The number of benzene rings is 1. The molecule has 0 spiro atoms. The summed E-state index contributed by atoms with van der Waals surface area (Å²) >= 11 is 0. The maximum absolute atomic E-state index is 12.5. The van der Waals surface area contributed by atoms with Crippen molar-refractivity contribution < 1.29 is 29.2 Å². The van der Waals surface area contributed by atoms with Gasteiger partial charge < -0.3 is 15.2 Å². The first-order valence-electron chi connectivity index (χ1n) is 8.43. The summed E-state index contributed by atoms with van der Waals surface area (Å²) in [6, 6.07) is 2.75. The minimum atomic E-state index is -1.81. The number of carbonyl (C=O) groups excluding carboxylic acids is 3. The van der Waals surface area contributed by atoms with Gasteiger partial charge in [0.15, 0.2) is 0 Å². The molecule has 1 aromatic rings. The molecule has 1 aromatic carbocycles. The Balaban J connectivity index is 1.98. The van der Waals surface area contributed by atoms with E-state index in [-0.39, 0.29) is 12.3 Å². The van der Waals surface area contributed by atoms with E-state index >= 15 is 0 Å². The fourth-order valence-corrected chi connectivity index (χ4v) is 2.97. The van der Waals surface area contributed by atoms with Crippen LogP contribution in [-0.2, 0) is 25.7 Å². The van der Waals surface area contributed by atoms with Gasteiger partial charge in [-0.05, 0) is 24.6 Å². The first-order valence-corrected chi connectivity index (χ1v) is 8.43. The fraction of sp³-hybridized carbons (Fsp3) is 0.471. The fourth-order valence-electron chi connectivity index (χ4n) is 2.97. The van der Waals surface area contributed by atoms with Gasteiger partial charge in [0.25, 0.3) is 5.69 Å². The van der Waals surface area contributed by atoms with Gasteiger partial charge >= 0.3 is 12.0 Å². The number of esters is 1. The van der Waals surface area contributed by atoms with E-state index in [1.807, 2.05) is 0 Å². The van der Waals surface area contributed by atoms with E-state index in [4.69, 9.17) is 10.1 Å². The van der Waals surface area contributed by atoms with Gasteiger partial charge in [0.2, 0.25) is 17.1 Å². The Morgan fingerprint density at radius 3 is 2.43 bits per heavy atom. The van der Waals surface area contributed by atoms with Crippen LogP contribution in [-0.4, -0.2) is 45.9 Å². The highest BCUT2D eigenvalue weighted by atomic mass is 16.6. The van der Waals surface area contributed by atoms with Crippen molar-refractivity contribution >= 4 is 23.3 Å². The Morgan fingerprint density at radius 1 is 1.36 bits per heavy atom. The standard InChI is InChI=1S/C17H18N4O7/c1-8(13-12(9(2)22)16(24)19-13)15(23)14(20-18)17(25)28-7-10-3-5-11(6-4-10)21(26)27/h3-6,8-9,12-14,22H,7H2,1-2H3/p+1/t8-,9-,12-,13-,14?/m1/s1. The van der Waals surface area contributed by atoms with Crippen LogP contribution < -0.4 is 5.32 Å². The normalized spacial score (nSPS) is 21.3. The van der Waals surface area contributed by atoms with Gasteiger partial charge in [-0.15, -0.1) is 0 Å². The van der Waals surface area contributed by atoms with E-state index in [0.717, 1.165) is 0 Å². The predicted octanol–water partition coefficient (Wildman–Crippen LogP) is 0.560. The smallest absolute Gasteiger partial charge is 0.454 e. The lowest BCUT2D eigenvalue weighted by Crippen LogP contribution is -2.66. The number of ketones is 1. The van der Waals surface area contributed by atoms with Gasteiger partial charge in [0.1, 0.15) is 11.6 Å². The van der Waals surface area contributed by atoms with Crippen molar-refractivity contribution in [1.29, 1.82) is 5.39 Å². The molecule has 148 valence electrons.